The van der Waals surface area contributed by atoms with E-state index < -0.39 is 0 Å². The first-order chi connectivity index (χ1) is 8.74. The molecule has 0 heterocycles. The van der Waals surface area contributed by atoms with Gasteiger partial charge in [-0.05, 0) is 42.4 Å². The minimum atomic E-state index is -0.0605. The zero-order chi connectivity index (χ0) is 12.8. The van der Waals surface area contributed by atoms with Gasteiger partial charge < -0.3 is 4.74 Å². The lowest BCUT2D eigenvalue weighted by atomic mass is 10.1. The van der Waals surface area contributed by atoms with Gasteiger partial charge >= 0.3 is 5.97 Å². The molecule has 0 aromatic heterocycles. The Morgan fingerprint density at radius 1 is 1.28 bits per heavy atom. The van der Waals surface area contributed by atoms with Gasteiger partial charge in [-0.15, -0.1) is 0 Å². The van der Waals surface area contributed by atoms with E-state index >= 15 is 0 Å². The van der Waals surface area contributed by atoms with E-state index in [1.807, 2.05) is 18.2 Å². The number of hydrogen-bond donors (Lipinski definition) is 1. The molecule has 0 amide bonds. The summed E-state index contributed by atoms with van der Waals surface area (Å²) in [7, 11) is 0. The van der Waals surface area contributed by atoms with Crippen LogP contribution < -0.4 is 0 Å². The molecule has 2 nitrogen and oxygen atoms in total. The third kappa shape index (κ3) is 4.05. The van der Waals surface area contributed by atoms with E-state index in [2.05, 4.69) is 24.8 Å². The van der Waals surface area contributed by atoms with Gasteiger partial charge in [0, 0.05) is 0 Å². The van der Waals surface area contributed by atoms with Crippen LogP contribution in [0.5, 0.6) is 0 Å². The first kappa shape index (κ1) is 13.5. The van der Waals surface area contributed by atoms with E-state index in [4.69, 9.17) is 4.74 Å². The van der Waals surface area contributed by atoms with Gasteiger partial charge in [0.05, 0.1) is 13.0 Å². The van der Waals surface area contributed by atoms with E-state index in [0.29, 0.717) is 13.0 Å². The standard InChI is InChI=1S/C15H20O2S/c16-14(11-15(12-18)8-9-15)17-10-4-7-13-5-2-1-3-6-13/h1-3,5-6,18H,4,7-12H2. The summed E-state index contributed by atoms with van der Waals surface area (Å²) in [6.45, 7) is 0.524. The van der Waals surface area contributed by atoms with Crippen LogP contribution in [-0.2, 0) is 16.0 Å². The average Bonchev–Trinajstić information content (AvgIpc) is 3.16. The number of carbonyl (C=O) groups excluding carboxylic acids is 1. The summed E-state index contributed by atoms with van der Waals surface area (Å²) in [6, 6.07) is 10.3. The molecule has 1 aromatic carbocycles. The molecule has 0 atom stereocenters. The van der Waals surface area contributed by atoms with Gasteiger partial charge in [-0.1, -0.05) is 30.3 Å². The molecular formula is C15H20O2S. The van der Waals surface area contributed by atoms with E-state index in [1.54, 1.807) is 0 Å². The lowest BCUT2D eigenvalue weighted by Crippen LogP contribution is -2.14. The minimum Gasteiger partial charge on any atom is -0.466 e. The predicted molar refractivity (Wildman–Crippen MR) is 75.9 cm³/mol. The van der Waals surface area contributed by atoms with E-state index in [0.717, 1.165) is 31.4 Å². The highest BCUT2D eigenvalue weighted by Crippen LogP contribution is 2.49. The summed E-state index contributed by atoms with van der Waals surface area (Å²) >= 11 is 4.29. The number of esters is 1. The van der Waals surface area contributed by atoms with E-state index in [-0.39, 0.29) is 11.4 Å². The maximum absolute atomic E-state index is 11.6. The van der Waals surface area contributed by atoms with Crippen molar-refractivity contribution in [3.63, 3.8) is 0 Å². The Morgan fingerprint density at radius 2 is 2.00 bits per heavy atom. The van der Waals surface area contributed by atoms with Crippen molar-refractivity contribution in [1.82, 2.24) is 0 Å². The van der Waals surface area contributed by atoms with Crippen molar-refractivity contribution in [2.45, 2.75) is 32.1 Å². The molecule has 18 heavy (non-hydrogen) atoms. The number of rotatable bonds is 7. The van der Waals surface area contributed by atoms with Crippen LogP contribution in [-0.4, -0.2) is 18.3 Å². The van der Waals surface area contributed by atoms with Gasteiger partial charge in [0.25, 0.3) is 0 Å². The zero-order valence-electron chi connectivity index (χ0n) is 10.6. The van der Waals surface area contributed by atoms with Gasteiger partial charge in [0.1, 0.15) is 0 Å². The van der Waals surface area contributed by atoms with Crippen LogP contribution in [0.4, 0.5) is 0 Å². The smallest absolute Gasteiger partial charge is 0.306 e. The second-order valence-corrected chi connectivity index (χ2v) is 5.46. The second-order valence-electron chi connectivity index (χ2n) is 5.14. The number of thiol groups is 1. The van der Waals surface area contributed by atoms with Crippen molar-refractivity contribution in [2.75, 3.05) is 12.4 Å². The highest BCUT2D eigenvalue weighted by atomic mass is 32.1. The fraction of sp³-hybridized carbons (Fsp3) is 0.533. The summed E-state index contributed by atoms with van der Waals surface area (Å²) in [5, 5.41) is 0. The quantitative estimate of drug-likeness (QED) is 0.465. The van der Waals surface area contributed by atoms with E-state index in [9.17, 15) is 4.79 Å². The number of hydrogen-bond acceptors (Lipinski definition) is 3. The number of ether oxygens (including phenoxy) is 1. The van der Waals surface area contributed by atoms with Crippen molar-refractivity contribution in [1.29, 1.82) is 0 Å². The fourth-order valence-corrected chi connectivity index (χ4v) is 2.46. The topological polar surface area (TPSA) is 26.3 Å². The molecule has 0 bridgehead atoms. The molecule has 0 N–H and O–H groups in total. The Balaban J connectivity index is 1.59. The van der Waals surface area contributed by atoms with Crippen molar-refractivity contribution >= 4 is 18.6 Å². The number of carbonyl (C=O) groups is 1. The molecule has 1 aromatic rings. The molecule has 1 aliphatic rings. The molecule has 0 spiro atoms. The third-order valence-corrected chi connectivity index (χ3v) is 4.20. The van der Waals surface area contributed by atoms with Crippen LogP contribution in [0, 0.1) is 5.41 Å². The molecule has 2 rings (SSSR count). The summed E-state index contributed by atoms with van der Waals surface area (Å²) in [6.07, 6.45) is 4.64. The van der Waals surface area contributed by atoms with Crippen molar-refractivity contribution in [3.05, 3.63) is 35.9 Å². The number of benzene rings is 1. The van der Waals surface area contributed by atoms with Gasteiger partial charge in [-0.3, -0.25) is 4.79 Å². The maximum Gasteiger partial charge on any atom is 0.306 e. The van der Waals surface area contributed by atoms with Crippen LogP contribution in [0.2, 0.25) is 0 Å². The highest BCUT2D eigenvalue weighted by Gasteiger charge is 2.43. The maximum atomic E-state index is 11.6. The predicted octanol–water partition coefficient (Wildman–Crippen LogP) is 3.26. The first-order valence-corrected chi connectivity index (χ1v) is 7.18. The normalized spacial score (nSPS) is 16.3. The summed E-state index contributed by atoms with van der Waals surface area (Å²) in [4.78, 5) is 11.6. The Hall–Kier alpha value is -0.960. The molecule has 1 aliphatic carbocycles. The monoisotopic (exact) mass is 264 g/mol. The lowest BCUT2D eigenvalue weighted by Gasteiger charge is -2.11. The number of aryl methyl sites for hydroxylation is 1. The van der Waals surface area contributed by atoms with Crippen LogP contribution in [0.3, 0.4) is 0 Å². The van der Waals surface area contributed by atoms with Gasteiger partial charge in [0.15, 0.2) is 0 Å². The zero-order valence-corrected chi connectivity index (χ0v) is 11.5. The van der Waals surface area contributed by atoms with Crippen LogP contribution in [0.25, 0.3) is 0 Å². The molecule has 0 saturated heterocycles. The third-order valence-electron chi connectivity index (χ3n) is 3.53. The Bertz CT molecular complexity index is 385. The summed E-state index contributed by atoms with van der Waals surface area (Å²) in [5.74, 6) is 0.737. The molecular weight excluding hydrogens is 244 g/mol. The lowest BCUT2D eigenvalue weighted by molar-refractivity contribution is -0.145. The largest absolute Gasteiger partial charge is 0.466 e. The minimum absolute atomic E-state index is 0.0605. The average molecular weight is 264 g/mol. The van der Waals surface area contributed by atoms with Gasteiger partial charge in [0.2, 0.25) is 0 Å². The molecule has 98 valence electrons. The highest BCUT2D eigenvalue weighted by molar-refractivity contribution is 7.80. The summed E-state index contributed by atoms with van der Waals surface area (Å²) < 4.78 is 5.27. The second kappa shape index (κ2) is 6.28. The Kier molecular flexibility index (Phi) is 4.70. The fourth-order valence-electron chi connectivity index (χ4n) is 2.03. The first-order valence-electron chi connectivity index (χ1n) is 6.55. The summed E-state index contributed by atoms with van der Waals surface area (Å²) in [5.41, 5.74) is 1.46. The molecule has 1 saturated carbocycles. The molecule has 0 aliphatic heterocycles. The SMILES string of the molecule is O=C(CC1(CS)CC1)OCCCc1ccccc1. The van der Waals surface area contributed by atoms with Crippen molar-refractivity contribution in [2.24, 2.45) is 5.41 Å². The van der Waals surface area contributed by atoms with Crippen LogP contribution in [0.15, 0.2) is 30.3 Å². The van der Waals surface area contributed by atoms with Crippen molar-refractivity contribution < 1.29 is 9.53 Å². The van der Waals surface area contributed by atoms with Crippen LogP contribution in [0.1, 0.15) is 31.2 Å². The molecule has 0 unspecified atom stereocenters. The Labute approximate surface area is 114 Å². The van der Waals surface area contributed by atoms with Gasteiger partial charge in [-0.25, -0.2) is 0 Å². The van der Waals surface area contributed by atoms with Crippen molar-refractivity contribution in [3.8, 4) is 0 Å². The molecule has 0 radical (unpaired) electrons. The van der Waals surface area contributed by atoms with Crippen LogP contribution >= 0.6 is 12.6 Å². The van der Waals surface area contributed by atoms with E-state index in [1.165, 1.54) is 5.56 Å². The Morgan fingerprint density at radius 3 is 2.61 bits per heavy atom. The molecule has 3 heteroatoms. The van der Waals surface area contributed by atoms with Gasteiger partial charge in [-0.2, -0.15) is 12.6 Å². The molecule has 1 fully saturated rings.